The Morgan fingerprint density at radius 2 is 1.74 bits per heavy atom. The summed E-state index contributed by atoms with van der Waals surface area (Å²) in [4.78, 5) is 28.8. The number of likely N-dealkylation sites (tertiary alicyclic amines) is 1. The molecule has 1 saturated heterocycles. The van der Waals surface area contributed by atoms with E-state index in [2.05, 4.69) is 20.3 Å². The van der Waals surface area contributed by atoms with Crippen LogP contribution in [0.3, 0.4) is 0 Å². The highest BCUT2D eigenvalue weighted by atomic mass is 19.4. The predicted molar refractivity (Wildman–Crippen MR) is 160 cm³/mol. The van der Waals surface area contributed by atoms with Crippen molar-refractivity contribution >= 4 is 17.7 Å². The quantitative estimate of drug-likeness (QED) is 0.257. The number of fused-ring (bicyclic) bond motifs is 1. The summed E-state index contributed by atoms with van der Waals surface area (Å²) in [6.07, 6.45) is -8.10. The first-order valence-electron chi connectivity index (χ1n) is 15.4. The molecule has 3 aromatic rings. The zero-order valence-electron chi connectivity index (χ0n) is 27.2. The number of nitrogens with one attached hydrogen (secondary N) is 1. The van der Waals surface area contributed by atoms with E-state index in [1.54, 1.807) is 6.92 Å². The molecule has 0 bridgehead atoms. The lowest BCUT2D eigenvalue weighted by molar-refractivity contribution is -0.274. The highest BCUT2D eigenvalue weighted by molar-refractivity contribution is 6.00. The van der Waals surface area contributed by atoms with Gasteiger partial charge < -0.3 is 24.1 Å². The molecule has 2 aliphatic heterocycles. The van der Waals surface area contributed by atoms with Crippen LogP contribution >= 0.6 is 0 Å². The predicted octanol–water partition coefficient (Wildman–Crippen LogP) is 7.14. The summed E-state index contributed by atoms with van der Waals surface area (Å²) in [7, 11) is 0. The lowest BCUT2D eigenvalue weighted by Crippen LogP contribution is -2.49. The second-order valence-corrected chi connectivity index (χ2v) is 13.1. The average molecular weight is 720 g/mol. The van der Waals surface area contributed by atoms with Gasteiger partial charge in [-0.2, -0.15) is 0 Å². The molecule has 5 rings (SSSR count). The number of carbonyl (C=O) groups excluding carboxylic acids is 2. The van der Waals surface area contributed by atoms with E-state index in [9.17, 15) is 31.5 Å². The van der Waals surface area contributed by atoms with Crippen LogP contribution in [0.4, 0.5) is 45.6 Å². The number of ether oxygens (including phenoxy) is 2. The first-order valence-corrected chi connectivity index (χ1v) is 15.4. The maximum Gasteiger partial charge on any atom is 0.573 e. The summed E-state index contributed by atoms with van der Waals surface area (Å²) in [6.45, 7) is 5.68. The minimum absolute atomic E-state index is 0.143. The maximum atomic E-state index is 15.9. The summed E-state index contributed by atoms with van der Waals surface area (Å²) < 4.78 is 129. The van der Waals surface area contributed by atoms with Gasteiger partial charge in [-0.15, -0.1) is 23.4 Å². The Hall–Kier alpha value is -4.48. The van der Waals surface area contributed by atoms with Crippen LogP contribution in [0.1, 0.15) is 63.5 Å². The van der Waals surface area contributed by atoms with E-state index in [4.69, 9.17) is 9.15 Å². The van der Waals surface area contributed by atoms with Crippen molar-refractivity contribution in [3.05, 3.63) is 59.2 Å². The molecular weight excluding hydrogens is 686 g/mol. The molecule has 1 N–H and O–H groups in total. The number of alkyl halides is 7. The van der Waals surface area contributed by atoms with Crippen molar-refractivity contribution in [2.24, 2.45) is 0 Å². The van der Waals surface area contributed by atoms with E-state index in [0.717, 1.165) is 35.2 Å². The van der Waals surface area contributed by atoms with E-state index in [1.807, 2.05) is 0 Å². The van der Waals surface area contributed by atoms with E-state index in [1.165, 1.54) is 25.7 Å². The van der Waals surface area contributed by atoms with Gasteiger partial charge in [0.25, 0.3) is 17.7 Å². The number of alkyl carbamates (subject to hydrolysis) is 1. The SMILES string of the molecule is CCN1CC(c2nnc(-c3cc4c(cc3F)C(F)(F)C[C@@H](NC(=O)OC(C)(C)C)C(=O)N4Cc3ccc(OC(F)(F)F)cc3)o2)CC(F)(F)C1. The summed E-state index contributed by atoms with van der Waals surface area (Å²) in [5.74, 6) is -11.6. The molecular formula is C32H33F8N5O5. The number of carbonyl (C=O) groups is 2. The van der Waals surface area contributed by atoms with Crippen LogP contribution in [0, 0.1) is 5.82 Å². The number of piperidine rings is 1. The van der Waals surface area contributed by atoms with Gasteiger partial charge >= 0.3 is 12.5 Å². The minimum Gasteiger partial charge on any atom is -0.444 e. The summed E-state index contributed by atoms with van der Waals surface area (Å²) in [5, 5.41) is 9.77. The normalized spacial score (nSPS) is 21.0. The largest absolute Gasteiger partial charge is 0.573 e. The summed E-state index contributed by atoms with van der Waals surface area (Å²) in [5.41, 5.74) is -2.94. The van der Waals surface area contributed by atoms with Gasteiger partial charge in [-0.3, -0.25) is 9.69 Å². The first kappa shape index (κ1) is 36.8. The molecule has 2 amide bonds. The summed E-state index contributed by atoms with van der Waals surface area (Å²) >= 11 is 0. The molecule has 0 radical (unpaired) electrons. The molecule has 3 heterocycles. The van der Waals surface area contributed by atoms with Crippen LogP contribution in [0.2, 0.25) is 0 Å². The van der Waals surface area contributed by atoms with Crippen molar-refractivity contribution in [2.75, 3.05) is 24.5 Å². The smallest absolute Gasteiger partial charge is 0.444 e. The fourth-order valence-electron chi connectivity index (χ4n) is 5.81. The zero-order chi connectivity index (χ0) is 36.8. The number of aromatic nitrogens is 2. The molecule has 10 nitrogen and oxygen atoms in total. The number of nitrogens with zero attached hydrogens (tertiary/aromatic N) is 4. The molecule has 0 aliphatic carbocycles. The van der Waals surface area contributed by atoms with Crippen LogP contribution in [0.5, 0.6) is 5.75 Å². The van der Waals surface area contributed by atoms with Gasteiger partial charge in [0.15, 0.2) is 0 Å². The molecule has 2 aliphatic rings. The number of halogens is 8. The lowest BCUT2D eigenvalue weighted by atomic mass is 9.95. The van der Waals surface area contributed by atoms with Gasteiger partial charge in [-0.05, 0) is 57.1 Å². The van der Waals surface area contributed by atoms with Crippen LogP contribution < -0.4 is 15.0 Å². The van der Waals surface area contributed by atoms with E-state index >= 15 is 13.2 Å². The van der Waals surface area contributed by atoms with Crippen LogP contribution in [0.15, 0.2) is 40.8 Å². The van der Waals surface area contributed by atoms with Crippen molar-refractivity contribution in [1.82, 2.24) is 20.4 Å². The number of hydrogen-bond acceptors (Lipinski definition) is 8. The fourth-order valence-corrected chi connectivity index (χ4v) is 5.81. The third kappa shape index (κ3) is 8.62. The molecule has 2 atom stereocenters. The highest BCUT2D eigenvalue weighted by Gasteiger charge is 2.47. The third-order valence-corrected chi connectivity index (χ3v) is 7.93. The van der Waals surface area contributed by atoms with Crippen molar-refractivity contribution in [3.8, 4) is 17.2 Å². The van der Waals surface area contributed by atoms with Crippen LogP contribution in [-0.2, 0) is 22.0 Å². The number of benzene rings is 2. The second kappa shape index (κ2) is 13.3. The number of likely N-dealkylation sites (N-methyl/N-ethyl adjacent to an activating group) is 1. The summed E-state index contributed by atoms with van der Waals surface area (Å²) in [6, 6.07) is 3.62. The molecule has 50 heavy (non-hydrogen) atoms. The molecule has 1 fully saturated rings. The zero-order valence-corrected chi connectivity index (χ0v) is 27.2. The molecule has 18 heteroatoms. The van der Waals surface area contributed by atoms with E-state index in [-0.39, 0.29) is 18.0 Å². The Labute approximate surface area is 280 Å². The topological polar surface area (TPSA) is 110 Å². The van der Waals surface area contributed by atoms with Gasteiger partial charge in [-0.25, -0.2) is 26.7 Å². The standard InChI is InChI=1S/C32H33F8N5O5/c1-5-44-15-18(12-30(34,35)16-44)25-42-43-26(48-25)20-10-24-21(11-22(20)33)31(36,37)13-23(41-28(47)50-29(2,3)4)27(46)45(24)14-17-6-8-19(9-7-17)49-32(38,39)40/h6-11,18,23H,5,12-16H2,1-4H3,(H,41,47)/t18?,23-/m1/s1. The number of anilines is 1. The first-order chi connectivity index (χ1) is 23.1. The molecule has 1 aromatic heterocycles. The number of rotatable bonds is 7. The highest BCUT2D eigenvalue weighted by Crippen LogP contribution is 2.45. The molecule has 272 valence electrons. The maximum absolute atomic E-state index is 15.9. The lowest BCUT2D eigenvalue weighted by Gasteiger charge is -2.35. The van der Waals surface area contributed by atoms with Crippen LogP contribution in [-0.4, -0.2) is 70.7 Å². The molecule has 0 saturated carbocycles. The average Bonchev–Trinajstić information content (AvgIpc) is 3.45. The van der Waals surface area contributed by atoms with Crippen LogP contribution in [0.25, 0.3) is 11.5 Å². The van der Waals surface area contributed by atoms with E-state index in [0.29, 0.717) is 12.6 Å². The van der Waals surface area contributed by atoms with Gasteiger partial charge in [0.2, 0.25) is 11.8 Å². The van der Waals surface area contributed by atoms with Crippen molar-refractivity contribution in [1.29, 1.82) is 0 Å². The second-order valence-electron chi connectivity index (χ2n) is 13.1. The van der Waals surface area contributed by atoms with Crippen molar-refractivity contribution in [3.63, 3.8) is 0 Å². The minimum atomic E-state index is -4.99. The third-order valence-electron chi connectivity index (χ3n) is 7.93. The van der Waals surface area contributed by atoms with Gasteiger partial charge in [0.05, 0.1) is 30.3 Å². The Morgan fingerprint density at radius 3 is 2.36 bits per heavy atom. The molecule has 0 spiro atoms. The number of hydrogen-bond donors (Lipinski definition) is 1. The van der Waals surface area contributed by atoms with Gasteiger partial charge in [-0.1, -0.05) is 19.1 Å². The van der Waals surface area contributed by atoms with Gasteiger partial charge in [0, 0.05) is 24.9 Å². The fraction of sp³-hybridized carbons (Fsp3) is 0.500. The Bertz CT molecular complexity index is 1720. The van der Waals surface area contributed by atoms with Crippen molar-refractivity contribution in [2.45, 2.75) is 82.8 Å². The Balaban J connectivity index is 1.55. The van der Waals surface area contributed by atoms with E-state index < -0.39 is 108 Å². The Morgan fingerprint density at radius 1 is 1.06 bits per heavy atom. The Kier molecular flexibility index (Phi) is 9.81. The molecule has 1 unspecified atom stereocenters. The molecule has 2 aromatic carbocycles. The number of amides is 2. The van der Waals surface area contributed by atoms with Gasteiger partial charge in [0.1, 0.15) is 23.2 Å². The van der Waals surface area contributed by atoms with Crippen molar-refractivity contribution < 1.29 is 58.6 Å². The monoisotopic (exact) mass is 719 g/mol.